The van der Waals surface area contributed by atoms with Crippen molar-refractivity contribution in [1.29, 1.82) is 5.39 Å². The van der Waals surface area contributed by atoms with E-state index in [-0.39, 0.29) is 5.41 Å². The molecule has 0 rings (SSSR count). The molecule has 0 aliphatic rings. The fraction of sp³-hybridized carbons (Fsp3) is 0.714. The van der Waals surface area contributed by atoms with Gasteiger partial charge in [-0.05, 0) is 0 Å². The lowest BCUT2D eigenvalue weighted by Crippen LogP contribution is -2.10. The summed E-state index contributed by atoms with van der Waals surface area (Å²) >= 11 is 0. The average Bonchev–Trinajstić information content (AvgIpc) is 1.80. The monoisotopic (exact) mass is 141 g/mol. The van der Waals surface area contributed by atoms with Gasteiger partial charge in [0.1, 0.15) is 0 Å². The van der Waals surface area contributed by atoms with Gasteiger partial charge in [-0.3, -0.25) is 0 Å². The Labute approximate surface area is 61.3 Å². The summed E-state index contributed by atoms with van der Waals surface area (Å²) in [6.07, 6.45) is 1.31. The van der Waals surface area contributed by atoms with Crippen LogP contribution in [0.4, 0.5) is 0 Å². The van der Waals surface area contributed by atoms with Crippen molar-refractivity contribution >= 4 is 0 Å². The van der Waals surface area contributed by atoms with E-state index < -0.39 is 0 Å². The van der Waals surface area contributed by atoms with Gasteiger partial charge in [0.2, 0.25) is 5.39 Å². The Morgan fingerprint density at radius 1 is 1.50 bits per heavy atom. The Bertz CT molecular complexity index is 171. The second-order valence-corrected chi connectivity index (χ2v) is 3.06. The number of allylic oxidation sites excluding steroid dienone is 1. The molecule has 0 aromatic carbocycles. The number of hydrogen-bond donors (Lipinski definition) is 0. The summed E-state index contributed by atoms with van der Waals surface area (Å²) < 4.78 is 4.96. The molecule has 3 nitrogen and oxygen atoms in total. The fourth-order valence-electron chi connectivity index (χ4n) is 0.605. The Balaban J connectivity index is 4.41. The smallest absolute Gasteiger partial charge is 0.388 e. The van der Waals surface area contributed by atoms with Gasteiger partial charge in [0.25, 0.3) is 0 Å². The number of ether oxygens (including phenoxy) is 1. The highest BCUT2D eigenvalue weighted by Gasteiger charge is 2.21. The topological polar surface area (TPSA) is 37.4 Å². The largest absolute Gasteiger partial charge is 0.493 e. The number of diazo groups is 1. The van der Waals surface area contributed by atoms with Crippen LogP contribution < -0.4 is 0 Å². The molecule has 0 aromatic heterocycles. The highest BCUT2D eigenvalue weighted by Crippen LogP contribution is 2.25. The van der Waals surface area contributed by atoms with Gasteiger partial charge in [-0.1, -0.05) is 20.8 Å². The minimum atomic E-state index is -0.0962. The maximum atomic E-state index is 8.20. The maximum absolute atomic E-state index is 8.20. The molecule has 0 amide bonds. The summed E-state index contributed by atoms with van der Waals surface area (Å²) in [7, 11) is 1.56. The molecular weight excluding hydrogens is 128 g/mol. The molecule has 0 atom stereocenters. The zero-order valence-electron chi connectivity index (χ0n) is 6.88. The van der Waals surface area contributed by atoms with E-state index in [2.05, 4.69) is 4.98 Å². The molecule has 0 bridgehead atoms. The lowest BCUT2D eigenvalue weighted by atomic mass is 9.94. The molecule has 0 saturated heterocycles. The summed E-state index contributed by atoms with van der Waals surface area (Å²) in [4.78, 5) is 2.89. The first-order chi connectivity index (χ1) is 4.52. The van der Waals surface area contributed by atoms with E-state index in [9.17, 15) is 0 Å². The summed E-state index contributed by atoms with van der Waals surface area (Å²) in [6.45, 7) is 5.94. The number of nitrogens with zero attached hydrogens (tertiary/aromatic N) is 2. The van der Waals surface area contributed by atoms with Gasteiger partial charge < -0.3 is 4.74 Å². The number of hydrogen-bond acceptors (Lipinski definition) is 2. The molecule has 0 saturated carbocycles. The van der Waals surface area contributed by atoms with Crippen LogP contribution in [0.1, 0.15) is 20.8 Å². The standard InChI is InChI=1S/C7H13N2O/c1-7(2,3)6(10-4)5-9-8/h5H,1-4H3/q+1/b6-5-. The van der Waals surface area contributed by atoms with Crippen LogP contribution in [-0.4, -0.2) is 7.11 Å². The van der Waals surface area contributed by atoms with Gasteiger partial charge in [0.15, 0.2) is 10.7 Å². The molecule has 0 fully saturated rings. The minimum absolute atomic E-state index is 0.0962. The van der Waals surface area contributed by atoms with E-state index >= 15 is 0 Å². The van der Waals surface area contributed by atoms with Crippen LogP contribution in [0.25, 0.3) is 4.98 Å². The number of rotatable bonds is 1. The normalized spacial score (nSPS) is 12.5. The Hall–Kier alpha value is -1.04. The van der Waals surface area contributed by atoms with E-state index in [4.69, 9.17) is 10.1 Å². The highest BCUT2D eigenvalue weighted by molar-refractivity contribution is 5.05. The third-order valence-corrected chi connectivity index (χ3v) is 1.13. The van der Waals surface area contributed by atoms with Crippen LogP contribution in [0, 0.1) is 10.8 Å². The van der Waals surface area contributed by atoms with E-state index in [1.54, 1.807) is 7.11 Å². The third kappa shape index (κ3) is 2.49. The van der Waals surface area contributed by atoms with Crippen molar-refractivity contribution in [1.82, 2.24) is 0 Å². The van der Waals surface area contributed by atoms with Crippen molar-refractivity contribution in [3.05, 3.63) is 16.9 Å². The SMILES string of the molecule is CO/C(=C\[N+]#N)C(C)(C)C. The van der Waals surface area contributed by atoms with E-state index in [0.29, 0.717) is 5.76 Å². The molecule has 0 aromatic rings. The molecular formula is C7H13N2O+. The summed E-state index contributed by atoms with van der Waals surface area (Å²) in [5.41, 5.74) is -0.0962. The van der Waals surface area contributed by atoms with Crippen LogP contribution in [0.5, 0.6) is 0 Å². The van der Waals surface area contributed by atoms with Gasteiger partial charge >= 0.3 is 6.20 Å². The maximum Gasteiger partial charge on any atom is 0.388 e. The van der Waals surface area contributed by atoms with E-state index in [1.165, 1.54) is 6.20 Å². The first-order valence-electron chi connectivity index (χ1n) is 3.11. The zero-order chi connectivity index (χ0) is 8.20. The number of methoxy groups -OCH3 is 1. The predicted molar refractivity (Wildman–Crippen MR) is 39.6 cm³/mol. The van der Waals surface area contributed by atoms with Gasteiger partial charge in [-0.15, -0.1) is 0 Å². The fourth-order valence-corrected chi connectivity index (χ4v) is 0.605. The summed E-state index contributed by atoms with van der Waals surface area (Å²) in [6, 6.07) is 0. The molecule has 0 N–H and O–H groups in total. The van der Waals surface area contributed by atoms with Crippen LogP contribution in [0.15, 0.2) is 12.0 Å². The first kappa shape index (κ1) is 8.96. The average molecular weight is 141 g/mol. The van der Waals surface area contributed by atoms with Crippen molar-refractivity contribution in [2.24, 2.45) is 5.41 Å². The van der Waals surface area contributed by atoms with Crippen LogP contribution in [-0.2, 0) is 4.74 Å². The van der Waals surface area contributed by atoms with Crippen molar-refractivity contribution in [3.63, 3.8) is 0 Å². The first-order valence-corrected chi connectivity index (χ1v) is 3.11. The van der Waals surface area contributed by atoms with E-state index in [1.807, 2.05) is 20.8 Å². The summed E-state index contributed by atoms with van der Waals surface area (Å²) in [5.74, 6) is 0.662. The van der Waals surface area contributed by atoms with E-state index in [0.717, 1.165) is 0 Å². The Morgan fingerprint density at radius 2 is 2.00 bits per heavy atom. The van der Waals surface area contributed by atoms with Crippen LogP contribution >= 0.6 is 0 Å². The van der Waals surface area contributed by atoms with Gasteiger partial charge in [-0.2, -0.15) is 0 Å². The third-order valence-electron chi connectivity index (χ3n) is 1.13. The van der Waals surface area contributed by atoms with Gasteiger partial charge in [-0.25, -0.2) is 0 Å². The van der Waals surface area contributed by atoms with Crippen molar-refractivity contribution < 1.29 is 4.74 Å². The quantitative estimate of drug-likeness (QED) is 0.415. The molecule has 0 unspecified atom stereocenters. The Morgan fingerprint density at radius 3 is 2.10 bits per heavy atom. The second kappa shape index (κ2) is 3.21. The molecule has 0 radical (unpaired) electrons. The predicted octanol–water partition coefficient (Wildman–Crippen LogP) is 2.37. The van der Waals surface area contributed by atoms with Crippen molar-refractivity contribution in [2.75, 3.05) is 7.11 Å². The van der Waals surface area contributed by atoms with Crippen LogP contribution in [0.2, 0.25) is 0 Å². The molecule has 0 heterocycles. The lowest BCUT2D eigenvalue weighted by Gasteiger charge is -2.16. The molecule has 0 spiro atoms. The molecule has 0 aliphatic carbocycles. The highest BCUT2D eigenvalue weighted by atomic mass is 16.5. The van der Waals surface area contributed by atoms with Gasteiger partial charge in [0, 0.05) is 5.41 Å². The van der Waals surface area contributed by atoms with Crippen LogP contribution in [0.3, 0.4) is 0 Å². The summed E-state index contributed by atoms with van der Waals surface area (Å²) in [5, 5.41) is 8.20. The zero-order valence-corrected chi connectivity index (χ0v) is 6.88. The lowest BCUT2D eigenvalue weighted by molar-refractivity contribution is 0.206. The minimum Gasteiger partial charge on any atom is -0.493 e. The van der Waals surface area contributed by atoms with Crippen molar-refractivity contribution in [3.8, 4) is 0 Å². The molecule has 3 heteroatoms. The molecule has 10 heavy (non-hydrogen) atoms. The molecule has 56 valence electrons. The molecule has 0 aliphatic heterocycles. The van der Waals surface area contributed by atoms with Gasteiger partial charge in [0.05, 0.1) is 7.11 Å². The Kier molecular flexibility index (Phi) is 2.88. The second-order valence-electron chi connectivity index (χ2n) is 3.06. The van der Waals surface area contributed by atoms with Crippen molar-refractivity contribution in [2.45, 2.75) is 20.8 Å².